The maximum atomic E-state index is 12.8. The van der Waals surface area contributed by atoms with E-state index in [1.165, 1.54) is 18.9 Å². The van der Waals surface area contributed by atoms with Crippen molar-refractivity contribution in [3.63, 3.8) is 0 Å². The minimum Gasteiger partial charge on any atom is -0.327 e. The average molecular weight is 322 g/mol. The van der Waals surface area contributed by atoms with Gasteiger partial charge in [-0.3, -0.25) is 9.59 Å². The number of benzene rings is 1. The van der Waals surface area contributed by atoms with Gasteiger partial charge in [0.15, 0.2) is 0 Å². The van der Waals surface area contributed by atoms with Gasteiger partial charge in [-0.1, -0.05) is 12.5 Å². The first-order chi connectivity index (χ1) is 11.6. The van der Waals surface area contributed by atoms with Crippen LogP contribution >= 0.6 is 0 Å². The summed E-state index contributed by atoms with van der Waals surface area (Å²) >= 11 is 0. The number of rotatable bonds is 5. The van der Waals surface area contributed by atoms with Gasteiger partial charge in [0.05, 0.1) is 6.54 Å². The van der Waals surface area contributed by atoms with E-state index in [0.717, 1.165) is 30.6 Å². The Morgan fingerprint density at radius 1 is 1.42 bits per heavy atom. The fourth-order valence-corrected chi connectivity index (χ4v) is 3.19. The minimum absolute atomic E-state index is 0.0187. The first kappa shape index (κ1) is 16.3. The number of aryl methyl sites for hydroxylation is 1. The highest BCUT2D eigenvalue weighted by Gasteiger charge is 2.28. The van der Waals surface area contributed by atoms with Crippen LogP contribution in [-0.4, -0.2) is 36.3 Å². The summed E-state index contributed by atoms with van der Waals surface area (Å²) in [5, 5.41) is 0. The van der Waals surface area contributed by atoms with E-state index in [2.05, 4.69) is 12.5 Å². The quantitative estimate of drug-likeness (QED) is 0.618. The third kappa shape index (κ3) is 3.35. The SMILES string of the molecule is C#CCN(CC1CC1)C(=O)c1ccc2c(c1)CCCN2C(=O)C=C. The Morgan fingerprint density at radius 2 is 2.21 bits per heavy atom. The molecule has 4 heteroatoms. The smallest absolute Gasteiger partial charge is 0.254 e. The zero-order valence-electron chi connectivity index (χ0n) is 13.8. The van der Waals surface area contributed by atoms with Crippen molar-refractivity contribution in [2.24, 2.45) is 5.92 Å². The molecule has 1 aromatic rings. The van der Waals surface area contributed by atoms with E-state index in [-0.39, 0.29) is 11.8 Å². The predicted molar refractivity (Wildman–Crippen MR) is 94.8 cm³/mol. The summed E-state index contributed by atoms with van der Waals surface area (Å²) in [6, 6.07) is 5.58. The summed E-state index contributed by atoms with van der Waals surface area (Å²) in [7, 11) is 0. The first-order valence-corrected chi connectivity index (χ1v) is 8.43. The number of hydrogen-bond acceptors (Lipinski definition) is 2. The summed E-state index contributed by atoms with van der Waals surface area (Å²) < 4.78 is 0. The summed E-state index contributed by atoms with van der Waals surface area (Å²) in [4.78, 5) is 28.3. The molecule has 1 aromatic carbocycles. The normalized spacial score (nSPS) is 16.0. The van der Waals surface area contributed by atoms with Crippen LogP contribution in [-0.2, 0) is 11.2 Å². The van der Waals surface area contributed by atoms with Crippen molar-refractivity contribution in [1.82, 2.24) is 4.90 Å². The van der Waals surface area contributed by atoms with Gasteiger partial charge < -0.3 is 9.80 Å². The molecule has 0 N–H and O–H groups in total. The standard InChI is InChI=1S/C20H22N2O2/c1-3-11-21(14-15-7-8-15)20(24)17-9-10-18-16(13-17)6-5-12-22(18)19(23)4-2/h1,4,9-10,13,15H,2,5-8,11-12,14H2. The molecule has 0 atom stereocenters. The molecule has 24 heavy (non-hydrogen) atoms. The van der Waals surface area contributed by atoms with Gasteiger partial charge in [-0.25, -0.2) is 0 Å². The molecule has 1 aliphatic heterocycles. The number of anilines is 1. The van der Waals surface area contributed by atoms with Crippen molar-refractivity contribution in [2.75, 3.05) is 24.5 Å². The average Bonchev–Trinajstić information content (AvgIpc) is 3.43. The van der Waals surface area contributed by atoms with Crippen LogP contribution in [0.4, 0.5) is 5.69 Å². The Morgan fingerprint density at radius 3 is 2.88 bits per heavy atom. The first-order valence-electron chi connectivity index (χ1n) is 8.43. The Hall–Kier alpha value is -2.54. The zero-order valence-corrected chi connectivity index (χ0v) is 13.8. The minimum atomic E-state index is -0.0993. The molecule has 1 heterocycles. The number of carbonyl (C=O) groups is 2. The van der Waals surface area contributed by atoms with Crippen LogP contribution in [0.1, 0.15) is 35.2 Å². The molecular weight excluding hydrogens is 300 g/mol. The third-order valence-electron chi connectivity index (χ3n) is 4.63. The molecule has 0 spiro atoms. The number of hydrogen-bond donors (Lipinski definition) is 0. The number of carbonyl (C=O) groups excluding carboxylic acids is 2. The lowest BCUT2D eigenvalue weighted by molar-refractivity contribution is -0.114. The number of fused-ring (bicyclic) bond motifs is 1. The lowest BCUT2D eigenvalue weighted by Gasteiger charge is -2.29. The van der Waals surface area contributed by atoms with Gasteiger partial charge in [-0.05, 0) is 61.4 Å². The zero-order chi connectivity index (χ0) is 17.1. The molecule has 2 amide bonds. The molecule has 1 aliphatic carbocycles. The topological polar surface area (TPSA) is 40.6 Å². The van der Waals surface area contributed by atoms with E-state index >= 15 is 0 Å². The van der Waals surface area contributed by atoms with Crippen molar-refractivity contribution in [1.29, 1.82) is 0 Å². The van der Waals surface area contributed by atoms with Crippen molar-refractivity contribution in [3.8, 4) is 12.3 Å². The van der Waals surface area contributed by atoms with E-state index in [1.807, 2.05) is 12.1 Å². The number of terminal acetylenes is 1. The Labute approximate surface area is 143 Å². The molecule has 124 valence electrons. The van der Waals surface area contributed by atoms with E-state index in [1.54, 1.807) is 15.9 Å². The van der Waals surface area contributed by atoms with Crippen LogP contribution in [0.3, 0.4) is 0 Å². The molecule has 0 aromatic heterocycles. The predicted octanol–water partition coefficient (Wildman–Crippen LogP) is 2.64. The Balaban J connectivity index is 1.84. The molecule has 0 saturated heterocycles. The van der Waals surface area contributed by atoms with Crippen LogP contribution in [0.2, 0.25) is 0 Å². The maximum absolute atomic E-state index is 12.8. The Kier molecular flexibility index (Phi) is 4.71. The molecule has 1 saturated carbocycles. The molecule has 1 fully saturated rings. The van der Waals surface area contributed by atoms with Gasteiger partial charge in [0.2, 0.25) is 5.91 Å². The van der Waals surface area contributed by atoms with Crippen LogP contribution in [0.25, 0.3) is 0 Å². The summed E-state index contributed by atoms with van der Waals surface area (Å²) in [6.07, 6.45) is 10.9. The molecule has 0 bridgehead atoms. The van der Waals surface area contributed by atoms with Gasteiger partial charge in [0.25, 0.3) is 5.91 Å². The molecule has 2 aliphatic rings. The highest BCUT2D eigenvalue weighted by Crippen LogP contribution is 2.31. The van der Waals surface area contributed by atoms with Crippen molar-refractivity contribution >= 4 is 17.5 Å². The second-order valence-electron chi connectivity index (χ2n) is 6.47. The molecule has 4 nitrogen and oxygen atoms in total. The van der Waals surface area contributed by atoms with E-state index < -0.39 is 0 Å². The van der Waals surface area contributed by atoms with Crippen molar-refractivity contribution < 1.29 is 9.59 Å². The van der Waals surface area contributed by atoms with E-state index in [0.29, 0.717) is 24.6 Å². The second kappa shape index (κ2) is 6.92. The van der Waals surface area contributed by atoms with Gasteiger partial charge in [-0.2, -0.15) is 0 Å². The fraction of sp³-hybridized carbons (Fsp3) is 0.400. The van der Waals surface area contributed by atoms with E-state index in [9.17, 15) is 9.59 Å². The van der Waals surface area contributed by atoms with Crippen molar-refractivity contribution in [3.05, 3.63) is 42.0 Å². The second-order valence-corrected chi connectivity index (χ2v) is 6.47. The largest absolute Gasteiger partial charge is 0.327 e. The van der Waals surface area contributed by atoms with Crippen LogP contribution in [0.5, 0.6) is 0 Å². The number of nitrogens with zero attached hydrogens (tertiary/aromatic N) is 2. The molecule has 0 radical (unpaired) electrons. The maximum Gasteiger partial charge on any atom is 0.254 e. The monoisotopic (exact) mass is 322 g/mol. The molecule has 3 rings (SSSR count). The van der Waals surface area contributed by atoms with Gasteiger partial charge in [0.1, 0.15) is 0 Å². The van der Waals surface area contributed by atoms with Crippen molar-refractivity contribution in [2.45, 2.75) is 25.7 Å². The van der Waals surface area contributed by atoms with E-state index in [4.69, 9.17) is 6.42 Å². The van der Waals surface area contributed by atoms with Crippen LogP contribution < -0.4 is 4.90 Å². The van der Waals surface area contributed by atoms with Crippen LogP contribution in [0.15, 0.2) is 30.9 Å². The highest BCUT2D eigenvalue weighted by molar-refractivity contribution is 6.02. The fourth-order valence-electron chi connectivity index (χ4n) is 3.19. The molecular formula is C20H22N2O2. The summed E-state index contributed by atoms with van der Waals surface area (Å²) in [6.45, 7) is 5.33. The lowest BCUT2D eigenvalue weighted by atomic mass is 9.98. The molecule has 0 unspecified atom stereocenters. The van der Waals surface area contributed by atoms with Gasteiger partial charge in [-0.15, -0.1) is 6.42 Å². The summed E-state index contributed by atoms with van der Waals surface area (Å²) in [5.41, 5.74) is 2.57. The highest BCUT2D eigenvalue weighted by atomic mass is 16.2. The Bertz CT molecular complexity index is 713. The lowest BCUT2D eigenvalue weighted by Crippen LogP contribution is -2.35. The van der Waals surface area contributed by atoms with Crippen LogP contribution in [0, 0.1) is 18.3 Å². The third-order valence-corrected chi connectivity index (χ3v) is 4.63. The van der Waals surface area contributed by atoms with Gasteiger partial charge >= 0.3 is 0 Å². The summed E-state index contributed by atoms with van der Waals surface area (Å²) in [5.74, 6) is 3.06. The van der Waals surface area contributed by atoms with Gasteiger partial charge in [0, 0.05) is 24.3 Å². The number of amides is 2.